The van der Waals surface area contributed by atoms with Crippen LogP contribution in [0.1, 0.15) is 54.4 Å². The molecule has 5 heteroatoms. The van der Waals surface area contributed by atoms with Crippen LogP contribution in [-0.2, 0) is 16.0 Å². The molecular formula is C18H22O5. The average molecular weight is 318 g/mol. The van der Waals surface area contributed by atoms with Crippen LogP contribution in [0.25, 0.3) is 0 Å². The fourth-order valence-electron chi connectivity index (χ4n) is 2.62. The molecule has 2 N–H and O–H groups in total. The molecule has 1 fully saturated rings. The topological polar surface area (TPSA) is 91.7 Å². The van der Waals surface area contributed by atoms with Gasteiger partial charge in [-0.15, -0.1) is 0 Å². The first kappa shape index (κ1) is 17.2. The smallest absolute Gasteiger partial charge is 0.317 e. The van der Waals surface area contributed by atoms with Crippen LogP contribution in [0.15, 0.2) is 24.3 Å². The minimum Gasteiger partial charge on any atom is -0.481 e. The van der Waals surface area contributed by atoms with E-state index in [1.165, 1.54) is 0 Å². The predicted octanol–water partition coefficient (Wildman–Crippen LogP) is 3.17. The zero-order valence-corrected chi connectivity index (χ0v) is 13.0. The Kier molecular flexibility index (Phi) is 5.90. The van der Waals surface area contributed by atoms with Gasteiger partial charge < -0.3 is 10.2 Å². The Labute approximate surface area is 135 Å². The molecule has 2 rings (SSSR count). The van der Waals surface area contributed by atoms with Gasteiger partial charge in [-0.25, -0.2) is 0 Å². The number of Topliss-reactive ketones (excluding diaryl/α,β-unsaturated/α-hetero) is 1. The molecule has 0 unspecified atom stereocenters. The minimum atomic E-state index is -1.30. The van der Waals surface area contributed by atoms with Crippen molar-refractivity contribution in [1.82, 2.24) is 0 Å². The fourth-order valence-corrected chi connectivity index (χ4v) is 2.62. The van der Waals surface area contributed by atoms with E-state index in [-0.39, 0.29) is 18.1 Å². The Hall–Kier alpha value is -2.17. The average Bonchev–Trinajstić information content (AvgIpc) is 3.34. The molecule has 1 aromatic carbocycles. The van der Waals surface area contributed by atoms with E-state index in [1.54, 1.807) is 0 Å². The van der Waals surface area contributed by atoms with Crippen LogP contribution >= 0.6 is 0 Å². The Morgan fingerprint density at radius 1 is 0.957 bits per heavy atom. The van der Waals surface area contributed by atoms with E-state index < -0.39 is 17.9 Å². The lowest BCUT2D eigenvalue weighted by molar-refractivity contribution is -0.154. The number of ketones is 1. The number of carboxylic acid groups (broad SMARTS) is 2. The minimum absolute atomic E-state index is 0.166. The first-order valence-electron chi connectivity index (χ1n) is 8.08. The monoisotopic (exact) mass is 318 g/mol. The number of carboxylic acids is 2. The maximum atomic E-state index is 11.9. The van der Waals surface area contributed by atoms with E-state index in [0.29, 0.717) is 6.42 Å². The van der Waals surface area contributed by atoms with Crippen LogP contribution < -0.4 is 0 Å². The van der Waals surface area contributed by atoms with Gasteiger partial charge in [0.1, 0.15) is 0 Å². The maximum Gasteiger partial charge on any atom is 0.317 e. The van der Waals surface area contributed by atoms with Gasteiger partial charge in [-0.05, 0) is 37.7 Å². The molecule has 0 atom stereocenters. The van der Waals surface area contributed by atoms with E-state index in [9.17, 15) is 14.4 Å². The van der Waals surface area contributed by atoms with Gasteiger partial charge in [0.15, 0.2) is 11.7 Å². The summed E-state index contributed by atoms with van der Waals surface area (Å²) in [4.78, 5) is 33.4. The van der Waals surface area contributed by atoms with E-state index in [4.69, 9.17) is 10.2 Å². The van der Waals surface area contributed by atoms with Crippen molar-refractivity contribution in [2.45, 2.75) is 44.9 Å². The van der Waals surface area contributed by atoms with Crippen molar-refractivity contribution in [3.63, 3.8) is 0 Å². The number of carbonyl (C=O) groups is 3. The van der Waals surface area contributed by atoms with Crippen molar-refractivity contribution in [3.8, 4) is 0 Å². The third-order valence-corrected chi connectivity index (χ3v) is 4.24. The highest BCUT2D eigenvalue weighted by atomic mass is 16.4. The molecule has 0 heterocycles. The van der Waals surface area contributed by atoms with Gasteiger partial charge in [-0.2, -0.15) is 0 Å². The van der Waals surface area contributed by atoms with Crippen molar-refractivity contribution in [2.24, 2.45) is 11.8 Å². The molecular weight excluding hydrogens is 296 g/mol. The molecule has 23 heavy (non-hydrogen) atoms. The lowest BCUT2D eigenvalue weighted by Gasteiger charge is -2.07. The normalized spacial score (nSPS) is 14.0. The van der Waals surface area contributed by atoms with Crippen LogP contribution in [0, 0.1) is 11.8 Å². The number of benzene rings is 1. The molecule has 5 nitrogen and oxygen atoms in total. The molecule has 0 radical (unpaired) electrons. The van der Waals surface area contributed by atoms with Crippen LogP contribution in [-0.4, -0.2) is 27.9 Å². The molecule has 124 valence electrons. The number of aryl methyl sites for hydroxylation is 1. The lowest BCUT2D eigenvalue weighted by Crippen LogP contribution is -2.23. The third-order valence-electron chi connectivity index (χ3n) is 4.24. The second kappa shape index (κ2) is 7.90. The Morgan fingerprint density at radius 2 is 1.57 bits per heavy atom. The van der Waals surface area contributed by atoms with Crippen LogP contribution in [0.5, 0.6) is 0 Å². The van der Waals surface area contributed by atoms with Gasteiger partial charge in [-0.3, -0.25) is 14.4 Å². The molecule has 0 aliphatic heterocycles. The summed E-state index contributed by atoms with van der Waals surface area (Å²) in [6, 6.07) is 7.68. The van der Waals surface area contributed by atoms with Crippen LogP contribution in [0.2, 0.25) is 0 Å². The largest absolute Gasteiger partial charge is 0.481 e. The first-order chi connectivity index (χ1) is 11.0. The van der Waals surface area contributed by atoms with E-state index >= 15 is 0 Å². The van der Waals surface area contributed by atoms with Gasteiger partial charge in [0.2, 0.25) is 0 Å². The number of rotatable bonds is 10. The third kappa shape index (κ3) is 5.20. The summed E-state index contributed by atoms with van der Waals surface area (Å²) >= 11 is 0. The molecule has 1 aromatic rings. The van der Waals surface area contributed by atoms with Crippen LogP contribution in [0.3, 0.4) is 0 Å². The SMILES string of the molecule is O=C(c1ccc(CCCCCC(C(=O)O)C(=O)O)cc1)C1CC1. The quantitative estimate of drug-likeness (QED) is 0.393. The van der Waals surface area contributed by atoms with Crippen molar-refractivity contribution in [3.05, 3.63) is 35.4 Å². The Balaban J connectivity index is 1.69. The van der Waals surface area contributed by atoms with Crippen molar-refractivity contribution in [2.75, 3.05) is 0 Å². The molecule has 0 spiro atoms. The van der Waals surface area contributed by atoms with E-state index in [2.05, 4.69) is 0 Å². The highest BCUT2D eigenvalue weighted by Crippen LogP contribution is 2.32. The fraction of sp³-hybridized carbons (Fsp3) is 0.500. The van der Waals surface area contributed by atoms with Gasteiger partial charge >= 0.3 is 11.9 Å². The molecule has 0 bridgehead atoms. The summed E-state index contributed by atoms with van der Waals surface area (Å²) in [5, 5.41) is 17.6. The summed E-state index contributed by atoms with van der Waals surface area (Å²) in [6.07, 6.45) is 5.29. The van der Waals surface area contributed by atoms with E-state index in [0.717, 1.165) is 43.2 Å². The van der Waals surface area contributed by atoms with Crippen molar-refractivity contribution < 1.29 is 24.6 Å². The summed E-state index contributed by atoms with van der Waals surface area (Å²) in [5.41, 5.74) is 1.92. The number of hydrogen-bond donors (Lipinski definition) is 2. The molecule has 1 aliphatic carbocycles. The summed E-state index contributed by atoms with van der Waals surface area (Å²) in [7, 11) is 0. The van der Waals surface area contributed by atoms with Crippen molar-refractivity contribution >= 4 is 17.7 Å². The van der Waals surface area contributed by atoms with Gasteiger partial charge in [0, 0.05) is 11.5 Å². The molecule has 0 saturated heterocycles. The summed E-state index contributed by atoms with van der Waals surface area (Å²) in [6.45, 7) is 0. The maximum absolute atomic E-state index is 11.9. The van der Waals surface area contributed by atoms with Crippen LogP contribution in [0.4, 0.5) is 0 Å². The second-order valence-electron chi connectivity index (χ2n) is 6.16. The van der Waals surface area contributed by atoms with Gasteiger partial charge in [0.25, 0.3) is 0 Å². The first-order valence-corrected chi connectivity index (χ1v) is 8.08. The second-order valence-corrected chi connectivity index (χ2v) is 6.16. The summed E-state index contributed by atoms with van der Waals surface area (Å²) in [5.74, 6) is -3.37. The lowest BCUT2D eigenvalue weighted by atomic mass is 9.99. The molecule has 1 saturated carbocycles. The predicted molar refractivity (Wildman–Crippen MR) is 84.4 cm³/mol. The van der Waals surface area contributed by atoms with Gasteiger partial charge in [0.05, 0.1) is 0 Å². The van der Waals surface area contributed by atoms with Gasteiger partial charge in [-0.1, -0.05) is 37.1 Å². The molecule has 0 amide bonds. The number of hydrogen-bond acceptors (Lipinski definition) is 3. The molecule has 1 aliphatic rings. The zero-order valence-electron chi connectivity index (χ0n) is 13.0. The number of carbonyl (C=O) groups excluding carboxylic acids is 1. The standard InChI is InChI=1S/C18H22O5/c19-16(14-10-11-14)13-8-6-12(7-9-13)4-2-1-3-5-15(17(20)21)18(22)23/h6-9,14-15H,1-5,10-11H2,(H,20,21)(H,22,23). The Morgan fingerprint density at radius 3 is 2.09 bits per heavy atom. The summed E-state index contributed by atoms with van der Waals surface area (Å²) < 4.78 is 0. The molecule has 0 aromatic heterocycles. The van der Waals surface area contributed by atoms with Crippen molar-refractivity contribution in [1.29, 1.82) is 0 Å². The number of aliphatic carboxylic acids is 2. The zero-order chi connectivity index (χ0) is 16.8. The Bertz CT molecular complexity index is 558. The van der Waals surface area contributed by atoms with E-state index in [1.807, 2.05) is 24.3 Å². The number of unbranched alkanes of at least 4 members (excludes halogenated alkanes) is 2. The highest BCUT2D eigenvalue weighted by molar-refractivity contribution is 5.99. The highest BCUT2D eigenvalue weighted by Gasteiger charge is 2.30.